The maximum Gasteiger partial charge on any atom is 0.229 e. The predicted octanol–water partition coefficient (Wildman–Crippen LogP) is 5.47. The molecular weight excluding hydrogens is 429 g/mol. The topological polar surface area (TPSA) is 36.4 Å². The van der Waals surface area contributed by atoms with Gasteiger partial charge < -0.3 is 4.90 Å². The molecule has 0 bridgehead atoms. The number of likely N-dealkylation sites (N-methyl/N-ethyl adjacent to an activating group) is 1. The second-order valence-corrected chi connectivity index (χ2v) is 9.50. The lowest BCUT2D eigenvalue weighted by molar-refractivity contribution is -0.118. The van der Waals surface area contributed by atoms with Crippen molar-refractivity contribution in [2.24, 2.45) is 0 Å². The van der Waals surface area contributed by atoms with Gasteiger partial charge >= 0.3 is 0 Å². The fourth-order valence-electron chi connectivity index (χ4n) is 2.75. The lowest BCUT2D eigenvalue weighted by Gasteiger charge is -2.22. The molecule has 3 aromatic rings. The number of nitrogens with zero attached hydrogens (tertiary/aromatic N) is 3. The van der Waals surface area contributed by atoms with Crippen molar-refractivity contribution in [2.45, 2.75) is 18.2 Å². The van der Waals surface area contributed by atoms with Crippen molar-refractivity contribution in [3.8, 4) is 0 Å². The van der Waals surface area contributed by atoms with Gasteiger partial charge in [-0.15, -0.1) is 11.8 Å². The van der Waals surface area contributed by atoms with Crippen LogP contribution in [0.2, 0.25) is 5.02 Å². The summed E-state index contributed by atoms with van der Waals surface area (Å²) in [5.41, 5.74) is 1.78. The average molecular weight is 452 g/mol. The number of benzene rings is 2. The average Bonchev–Trinajstić information content (AvgIpc) is 3.11. The number of carbonyl (C=O) groups excluding carboxylic acids is 1. The van der Waals surface area contributed by atoms with E-state index >= 15 is 0 Å². The second-order valence-electron chi connectivity index (χ2n) is 6.92. The highest BCUT2D eigenvalue weighted by molar-refractivity contribution is 7.99. The van der Waals surface area contributed by atoms with Gasteiger partial charge in [-0.25, -0.2) is 9.37 Å². The zero-order valence-electron chi connectivity index (χ0n) is 16.6. The van der Waals surface area contributed by atoms with Crippen molar-refractivity contribution >= 4 is 56.0 Å². The molecule has 0 aliphatic heterocycles. The highest BCUT2D eigenvalue weighted by Crippen LogP contribution is 2.34. The van der Waals surface area contributed by atoms with Crippen LogP contribution in [0.3, 0.4) is 0 Å². The molecule has 0 unspecified atom stereocenters. The van der Waals surface area contributed by atoms with Crippen molar-refractivity contribution in [1.29, 1.82) is 0 Å². The summed E-state index contributed by atoms with van der Waals surface area (Å²) in [4.78, 5) is 22.5. The summed E-state index contributed by atoms with van der Waals surface area (Å²) in [6.45, 7) is 3.26. The van der Waals surface area contributed by atoms with Crippen LogP contribution in [0.1, 0.15) is 12.0 Å². The molecule has 0 aliphatic carbocycles. The number of thioether (sulfide) groups is 1. The fraction of sp³-hybridized carbons (Fsp3) is 0.333. The van der Waals surface area contributed by atoms with Crippen LogP contribution in [-0.2, 0) is 4.79 Å². The van der Waals surface area contributed by atoms with Gasteiger partial charge in [0.05, 0.1) is 10.2 Å². The third kappa shape index (κ3) is 5.69. The maximum atomic E-state index is 13.0. The zero-order chi connectivity index (χ0) is 21.0. The van der Waals surface area contributed by atoms with Gasteiger partial charge in [-0.05, 0) is 63.0 Å². The quantitative estimate of drug-likeness (QED) is 0.425. The molecule has 0 spiro atoms. The Labute approximate surface area is 183 Å². The van der Waals surface area contributed by atoms with Crippen LogP contribution in [0.4, 0.5) is 9.52 Å². The minimum absolute atomic E-state index is 0.0317. The smallest absolute Gasteiger partial charge is 0.229 e. The first-order valence-corrected chi connectivity index (χ1v) is 11.4. The minimum Gasteiger partial charge on any atom is -0.308 e. The Morgan fingerprint density at radius 2 is 1.90 bits per heavy atom. The highest BCUT2D eigenvalue weighted by atomic mass is 35.5. The molecule has 0 aliphatic rings. The maximum absolute atomic E-state index is 13.0. The van der Waals surface area contributed by atoms with E-state index in [2.05, 4.69) is 0 Å². The van der Waals surface area contributed by atoms with Crippen LogP contribution >= 0.6 is 34.7 Å². The summed E-state index contributed by atoms with van der Waals surface area (Å²) in [5, 5.41) is 1.38. The van der Waals surface area contributed by atoms with Crippen LogP contribution in [0.25, 0.3) is 10.2 Å². The van der Waals surface area contributed by atoms with Crippen molar-refractivity contribution in [3.63, 3.8) is 0 Å². The number of thiazole rings is 1. The van der Waals surface area contributed by atoms with Crippen LogP contribution in [-0.4, -0.2) is 48.7 Å². The third-order valence-electron chi connectivity index (χ3n) is 4.44. The van der Waals surface area contributed by atoms with Gasteiger partial charge in [0, 0.05) is 35.2 Å². The molecule has 8 heteroatoms. The number of rotatable bonds is 8. The summed E-state index contributed by atoms with van der Waals surface area (Å²) in [6, 6.07) is 10.1. The van der Waals surface area contributed by atoms with Crippen molar-refractivity contribution in [1.82, 2.24) is 9.88 Å². The number of anilines is 1. The summed E-state index contributed by atoms with van der Waals surface area (Å²) >= 11 is 9.28. The van der Waals surface area contributed by atoms with Gasteiger partial charge in [-0.1, -0.05) is 22.9 Å². The Morgan fingerprint density at radius 3 is 2.59 bits per heavy atom. The van der Waals surface area contributed by atoms with E-state index < -0.39 is 0 Å². The molecule has 0 saturated heterocycles. The Hall–Kier alpha value is -1.67. The largest absolute Gasteiger partial charge is 0.308 e. The number of halogens is 2. The summed E-state index contributed by atoms with van der Waals surface area (Å²) in [6.07, 6.45) is 0.380. The molecule has 1 aromatic heterocycles. The zero-order valence-corrected chi connectivity index (χ0v) is 19.0. The number of amides is 1. The molecular formula is C21H23ClFN3OS2. The number of aryl methyl sites for hydroxylation is 1. The van der Waals surface area contributed by atoms with Crippen molar-refractivity contribution in [3.05, 3.63) is 52.8 Å². The van der Waals surface area contributed by atoms with E-state index in [1.807, 2.05) is 38.1 Å². The molecule has 0 saturated carbocycles. The molecule has 0 fully saturated rings. The van der Waals surface area contributed by atoms with Gasteiger partial charge in [0.25, 0.3) is 0 Å². The predicted molar refractivity (Wildman–Crippen MR) is 122 cm³/mol. The first-order valence-electron chi connectivity index (χ1n) is 9.24. The Bertz CT molecular complexity index is 992. The number of fused-ring (bicyclic) bond motifs is 1. The molecule has 154 valence electrons. The molecule has 2 aromatic carbocycles. The van der Waals surface area contributed by atoms with Crippen LogP contribution in [0.5, 0.6) is 0 Å². The van der Waals surface area contributed by atoms with E-state index in [4.69, 9.17) is 16.6 Å². The summed E-state index contributed by atoms with van der Waals surface area (Å²) in [7, 11) is 3.96. The second kappa shape index (κ2) is 9.89. The van der Waals surface area contributed by atoms with Crippen LogP contribution in [0, 0.1) is 12.7 Å². The highest BCUT2D eigenvalue weighted by Gasteiger charge is 2.20. The van der Waals surface area contributed by atoms with Gasteiger partial charge in [0.2, 0.25) is 5.91 Å². The van der Waals surface area contributed by atoms with E-state index in [0.29, 0.717) is 28.9 Å². The molecule has 29 heavy (non-hydrogen) atoms. The lowest BCUT2D eigenvalue weighted by atomic mass is 10.2. The number of hydrogen-bond acceptors (Lipinski definition) is 5. The normalized spacial score (nSPS) is 11.4. The molecule has 1 heterocycles. The van der Waals surface area contributed by atoms with E-state index in [1.165, 1.54) is 23.5 Å². The van der Waals surface area contributed by atoms with E-state index in [9.17, 15) is 9.18 Å². The monoisotopic (exact) mass is 451 g/mol. The van der Waals surface area contributed by atoms with E-state index in [1.54, 1.807) is 28.8 Å². The molecule has 4 nitrogen and oxygen atoms in total. The summed E-state index contributed by atoms with van der Waals surface area (Å²) < 4.78 is 14.1. The summed E-state index contributed by atoms with van der Waals surface area (Å²) in [5.74, 6) is 0.398. The standard InChI is InChI=1S/C21H23ClFN3OS2/c1-14-17(22)8-9-18-20(14)24-21(29-18)26(12-11-25(2)3)19(27)10-13-28-16-6-4-15(23)5-7-16/h4-9H,10-13H2,1-3H3. The number of aromatic nitrogens is 1. The molecule has 3 rings (SSSR count). The van der Waals surface area contributed by atoms with E-state index in [-0.39, 0.29) is 11.7 Å². The minimum atomic E-state index is -0.258. The molecule has 0 atom stereocenters. The van der Waals surface area contributed by atoms with Gasteiger partial charge in [0.15, 0.2) is 5.13 Å². The molecule has 0 N–H and O–H groups in total. The Morgan fingerprint density at radius 1 is 1.17 bits per heavy atom. The van der Waals surface area contributed by atoms with Crippen molar-refractivity contribution < 1.29 is 9.18 Å². The Balaban J connectivity index is 1.74. The first kappa shape index (κ1) is 22.0. The third-order valence-corrected chi connectivity index (χ3v) is 6.90. The molecule has 0 radical (unpaired) electrons. The first-order chi connectivity index (χ1) is 13.8. The SMILES string of the molecule is Cc1c(Cl)ccc2sc(N(CCN(C)C)C(=O)CCSc3ccc(F)cc3)nc12. The Kier molecular flexibility index (Phi) is 7.51. The van der Waals surface area contributed by atoms with Gasteiger partial charge in [-0.2, -0.15) is 0 Å². The number of hydrogen-bond donors (Lipinski definition) is 0. The van der Waals surface area contributed by atoms with Gasteiger partial charge in [0.1, 0.15) is 5.82 Å². The lowest BCUT2D eigenvalue weighted by Crippen LogP contribution is -2.36. The van der Waals surface area contributed by atoms with Crippen molar-refractivity contribution in [2.75, 3.05) is 37.8 Å². The number of carbonyl (C=O) groups is 1. The van der Waals surface area contributed by atoms with Crippen LogP contribution < -0.4 is 4.90 Å². The molecule has 1 amide bonds. The van der Waals surface area contributed by atoms with Crippen LogP contribution in [0.15, 0.2) is 41.3 Å². The van der Waals surface area contributed by atoms with E-state index in [0.717, 1.165) is 27.2 Å². The van der Waals surface area contributed by atoms with Gasteiger partial charge in [-0.3, -0.25) is 9.69 Å². The fourth-order valence-corrected chi connectivity index (χ4v) is 4.82.